The Labute approximate surface area is 188 Å². The van der Waals surface area contributed by atoms with Gasteiger partial charge in [-0.05, 0) is 30.7 Å². The number of ether oxygens (including phenoxy) is 1. The topological polar surface area (TPSA) is 108 Å². The molecule has 1 atom stereocenters. The highest BCUT2D eigenvalue weighted by atomic mass is 32.1. The molecule has 0 bridgehead atoms. The summed E-state index contributed by atoms with van der Waals surface area (Å²) in [5.41, 5.74) is 2.51. The van der Waals surface area contributed by atoms with Crippen LogP contribution >= 0.6 is 11.3 Å². The third-order valence-electron chi connectivity index (χ3n) is 5.20. The highest BCUT2D eigenvalue weighted by Crippen LogP contribution is 2.31. The molecule has 1 unspecified atom stereocenters. The van der Waals surface area contributed by atoms with Crippen molar-refractivity contribution >= 4 is 38.4 Å². The summed E-state index contributed by atoms with van der Waals surface area (Å²) in [6.45, 7) is 4.95. The Balaban J connectivity index is 1.33. The number of carbonyl (C=O) groups is 1. The van der Waals surface area contributed by atoms with Crippen molar-refractivity contribution in [1.29, 1.82) is 0 Å². The van der Waals surface area contributed by atoms with Crippen molar-refractivity contribution in [2.75, 3.05) is 36.5 Å². The van der Waals surface area contributed by atoms with E-state index in [2.05, 4.69) is 30.7 Å². The van der Waals surface area contributed by atoms with Gasteiger partial charge in [-0.15, -0.1) is 0 Å². The van der Waals surface area contributed by atoms with Crippen molar-refractivity contribution in [2.24, 2.45) is 0 Å². The summed E-state index contributed by atoms with van der Waals surface area (Å²) in [7, 11) is 0. The Kier molecular flexibility index (Phi) is 5.70. The van der Waals surface area contributed by atoms with E-state index in [0.717, 1.165) is 47.2 Å². The molecule has 0 radical (unpaired) electrons. The monoisotopic (exact) mass is 449 g/mol. The number of hydrogen-bond acceptors (Lipinski definition) is 7. The van der Waals surface area contributed by atoms with Crippen molar-refractivity contribution in [3.63, 3.8) is 0 Å². The summed E-state index contributed by atoms with van der Waals surface area (Å²) < 4.78 is 6.45. The molecule has 10 heteroatoms. The fraction of sp³-hybridized carbons (Fsp3) is 0.273. The van der Waals surface area contributed by atoms with E-state index in [0.29, 0.717) is 17.3 Å². The molecular weight excluding hydrogens is 426 g/mol. The number of amides is 2. The van der Waals surface area contributed by atoms with Gasteiger partial charge in [-0.3, -0.25) is 5.10 Å². The highest BCUT2D eigenvalue weighted by molar-refractivity contribution is 7.22. The summed E-state index contributed by atoms with van der Waals surface area (Å²) in [6.07, 6.45) is 0. The van der Waals surface area contributed by atoms with Crippen molar-refractivity contribution in [3.05, 3.63) is 65.7 Å². The molecule has 4 aromatic rings. The Morgan fingerprint density at radius 2 is 1.97 bits per heavy atom. The van der Waals surface area contributed by atoms with E-state index < -0.39 is 6.04 Å². The third kappa shape index (κ3) is 4.41. The predicted molar refractivity (Wildman–Crippen MR) is 124 cm³/mol. The standard InChI is InChI=1S/C22H23N7O2S/c1-14-23-20(28-27-14)19(15-5-3-2-4-6-15)26-21(30)24-16-7-8-17-18(13-16)32-22(25-17)29-9-11-31-12-10-29/h2-8,13,19H,9-12H2,1H3,(H,23,27,28)(H2,24,26,30). The van der Waals surface area contributed by atoms with E-state index in [1.165, 1.54) is 0 Å². The number of aromatic amines is 1. The average Bonchev–Trinajstić information content (AvgIpc) is 3.44. The van der Waals surface area contributed by atoms with Crippen LogP contribution < -0.4 is 15.5 Å². The minimum Gasteiger partial charge on any atom is -0.378 e. The average molecular weight is 450 g/mol. The van der Waals surface area contributed by atoms with Gasteiger partial charge in [-0.2, -0.15) is 5.10 Å². The first kappa shape index (κ1) is 20.4. The molecule has 2 aromatic carbocycles. The second-order valence-electron chi connectivity index (χ2n) is 7.50. The lowest BCUT2D eigenvalue weighted by molar-refractivity contribution is 0.122. The van der Waals surface area contributed by atoms with Gasteiger partial charge < -0.3 is 20.3 Å². The first-order chi connectivity index (χ1) is 15.7. The number of nitrogens with zero attached hydrogens (tertiary/aromatic N) is 4. The normalized spacial score (nSPS) is 15.0. The molecule has 1 aliphatic rings. The summed E-state index contributed by atoms with van der Waals surface area (Å²) >= 11 is 1.62. The Morgan fingerprint density at radius 3 is 2.72 bits per heavy atom. The number of nitrogens with one attached hydrogen (secondary N) is 3. The number of carbonyl (C=O) groups excluding carboxylic acids is 1. The first-order valence-corrected chi connectivity index (χ1v) is 11.2. The van der Waals surface area contributed by atoms with E-state index in [9.17, 15) is 4.79 Å². The molecule has 9 nitrogen and oxygen atoms in total. The zero-order chi connectivity index (χ0) is 21.9. The lowest BCUT2D eigenvalue weighted by Crippen LogP contribution is -2.36. The van der Waals surface area contributed by atoms with E-state index in [1.54, 1.807) is 11.3 Å². The van der Waals surface area contributed by atoms with Gasteiger partial charge in [-0.25, -0.2) is 14.8 Å². The van der Waals surface area contributed by atoms with Gasteiger partial charge >= 0.3 is 6.03 Å². The molecule has 3 N–H and O–H groups in total. The molecule has 0 aliphatic carbocycles. The number of urea groups is 1. The van der Waals surface area contributed by atoms with Crippen LogP contribution in [0.15, 0.2) is 48.5 Å². The molecule has 2 amide bonds. The van der Waals surface area contributed by atoms with Gasteiger partial charge in [0.15, 0.2) is 11.0 Å². The van der Waals surface area contributed by atoms with Crippen LogP contribution in [-0.4, -0.2) is 52.5 Å². The molecule has 0 saturated carbocycles. The summed E-state index contributed by atoms with van der Waals surface area (Å²) in [5, 5.41) is 14.0. The second-order valence-corrected chi connectivity index (χ2v) is 8.51. The number of aryl methyl sites for hydroxylation is 1. The molecule has 2 aromatic heterocycles. The van der Waals surface area contributed by atoms with Crippen LogP contribution in [0.3, 0.4) is 0 Å². The maximum absolute atomic E-state index is 12.8. The minimum atomic E-state index is -0.471. The van der Waals surface area contributed by atoms with Gasteiger partial charge in [0, 0.05) is 18.8 Å². The number of rotatable bonds is 5. The predicted octanol–water partition coefficient (Wildman–Crippen LogP) is 3.47. The van der Waals surface area contributed by atoms with Gasteiger partial charge in [0.05, 0.1) is 23.4 Å². The van der Waals surface area contributed by atoms with Crippen molar-refractivity contribution in [3.8, 4) is 0 Å². The smallest absolute Gasteiger partial charge is 0.320 e. The SMILES string of the molecule is Cc1nc(C(NC(=O)Nc2ccc3nc(N4CCOCC4)sc3c2)c2ccccc2)n[nH]1. The maximum atomic E-state index is 12.8. The van der Waals surface area contributed by atoms with Crippen LogP contribution in [0.25, 0.3) is 10.2 Å². The lowest BCUT2D eigenvalue weighted by Gasteiger charge is -2.25. The number of benzene rings is 2. The van der Waals surface area contributed by atoms with E-state index in [-0.39, 0.29) is 6.03 Å². The number of aromatic nitrogens is 4. The van der Waals surface area contributed by atoms with E-state index in [1.807, 2.05) is 55.5 Å². The Hall–Kier alpha value is -3.50. The Bertz CT molecular complexity index is 1220. The summed E-state index contributed by atoms with van der Waals surface area (Å²) in [6, 6.07) is 14.6. The summed E-state index contributed by atoms with van der Waals surface area (Å²) in [4.78, 5) is 24.2. The fourth-order valence-electron chi connectivity index (χ4n) is 3.61. The molecular formula is C22H23N7O2S. The zero-order valence-electron chi connectivity index (χ0n) is 17.5. The molecule has 3 heterocycles. The molecule has 0 spiro atoms. The lowest BCUT2D eigenvalue weighted by atomic mass is 10.1. The summed E-state index contributed by atoms with van der Waals surface area (Å²) in [5.74, 6) is 1.20. The van der Waals surface area contributed by atoms with E-state index >= 15 is 0 Å². The van der Waals surface area contributed by atoms with E-state index in [4.69, 9.17) is 9.72 Å². The van der Waals surface area contributed by atoms with Crippen LogP contribution in [0.1, 0.15) is 23.3 Å². The van der Waals surface area contributed by atoms with Crippen LogP contribution in [0.4, 0.5) is 15.6 Å². The molecule has 1 aliphatic heterocycles. The quantitative estimate of drug-likeness (QED) is 0.431. The van der Waals surface area contributed by atoms with Crippen LogP contribution in [0.5, 0.6) is 0 Å². The molecule has 1 saturated heterocycles. The third-order valence-corrected chi connectivity index (χ3v) is 6.28. The number of morpholine rings is 1. The molecule has 164 valence electrons. The molecule has 32 heavy (non-hydrogen) atoms. The molecule has 1 fully saturated rings. The first-order valence-electron chi connectivity index (χ1n) is 10.4. The van der Waals surface area contributed by atoms with Crippen molar-refractivity contribution in [2.45, 2.75) is 13.0 Å². The van der Waals surface area contributed by atoms with Crippen molar-refractivity contribution in [1.82, 2.24) is 25.5 Å². The van der Waals surface area contributed by atoms with Crippen LogP contribution in [-0.2, 0) is 4.74 Å². The number of H-pyrrole nitrogens is 1. The van der Waals surface area contributed by atoms with Crippen LogP contribution in [0, 0.1) is 6.92 Å². The van der Waals surface area contributed by atoms with Gasteiger partial charge in [0.25, 0.3) is 0 Å². The number of thiazole rings is 1. The minimum absolute atomic E-state index is 0.335. The number of anilines is 2. The molecule has 5 rings (SSSR count). The second kappa shape index (κ2) is 8.93. The maximum Gasteiger partial charge on any atom is 0.320 e. The zero-order valence-corrected chi connectivity index (χ0v) is 18.4. The Morgan fingerprint density at radius 1 is 1.16 bits per heavy atom. The van der Waals surface area contributed by atoms with Gasteiger partial charge in [0.2, 0.25) is 0 Å². The highest BCUT2D eigenvalue weighted by Gasteiger charge is 2.21. The fourth-order valence-corrected chi connectivity index (χ4v) is 4.67. The van der Waals surface area contributed by atoms with Crippen LogP contribution in [0.2, 0.25) is 0 Å². The van der Waals surface area contributed by atoms with Gasteiger partial charge in [0.1, 0.15) is 11.9 Å². The number of fused-ring (bicyclic) bond motifs is 1. The number of hydrogen-bond donors (Lipinski definition) is 3. The van der Waals surface area contributed by atoms with Gasteiger partial charge in [-0.1, -0.05) is 41.7 Å². The van der Waals surface area contributed by atoms with Crippen molar-refractivity contribution < 1.29 is 9.53 Å². The largest absolute Gasteiger partial charge is 0.378 e.